The molecule has 0 aliphatic rings. The third kappa shape index (κ3) is 1.72. The minimum absolute atomic E-state index is 0.273. The third-order valence-corrected chi connectivity index (χ3v) is 1.81. The Morgan fingerprint density at radius 1 is 1.31 bits per heavy atom. The predicted octanol–water partition coefficient (Wildman–Crippen LogP) is 1.47. The highest BCUT2D eigenvalue weighted by atomic mass is 16.4. The molecule has 0 heterocycles. The molecule has 0 fully saturated rings. The minimum Gasteiger partial charge on any atom is -0.478 e. The number of anilines is 2. The summed E-state index contributed by atoms with van der Waals surface area (Å²) in [7, 11) is 3.45. The molecular formula is C9H12N2O2. The number of rotatable bonds is 3. The van der Waals surface area contributed by atoms with E-state index in [1.165, 1.54) is 0 Å². The SMILES string of the molecule is CNc1cccc(C(=O)O)c1NC. The van der Waals surface area contributed by atoms with E-state index in [1.807, 2.05) is 6.07 Å². The van der Waals surface area contributed by atoms with Crippen LogP contribution in [0.1, 0.15) is 10.4 Å². The van der Waals surface area contributed by atoms with E-state index in [-0.39, 0.29) is 5.56 Å². The second kappa shape index (κ2) is 3.80. The molecule has 0 aromatic heterocycles. The highest BCUT2D eigenvalue weighted by Gasteiger charge is 2.11. The Kier molecular flexibility index (Phi) is 2.74. The van der Waals surface area contributed by atoms with Gasteiger partial charge in [-0.2, -0.15) is 0 Å². The van der Waals surface area contributed by atoms with Crippen LogP contribution >= 0.6 is 0 Å². The van der Waals surface area contributed by atoms with Gasteiger partial charge in [-0.15, -0.1) is 0 Å². The van der Waals surface area contributed by atoms with Gasteiger partial charge in [-0.05, 0) is 12.1 Å². The quantitative estimate of drug-likeness (QED) is 0.659. The zero-order valence-electron chi connectivity index (χ0n) is 7.59. The van der Waals surface area contributed by atoms with Gasteiger partial charge in [-0.1, -0.05) is 6.07 Å². The lowest BCUT2D eigenvalue weighted by Crippen LogP contribution is -2.05. The van der Waals surface area contributed by atoms with Crippen LogP contribution < -0.4 is 10.6 Å². The van der Waals surface area contributed by atoms with Crippen LogP contribution in [0.3, 0.4) is 0 Å². The molecule has 0 saturated carbocycles. The van der Waals surface area contributed by atoms with Crippen LogP contribution in [0, 0.1) is 0 Å². The monoisotopic (exact) mass is 180 g/mol. The van der Waals surface area contributed by atoms with Gasteiger partial charge in [0.25, 0.3) is 0 Å². The molecule has 70 valence electrons. The van der Waals surface area contributed by atoms with Crippen molar-refractivity contribution in [3.05, 3.63) is 23.8 Å². The van der Waals surface area contributed by atoms with Crippen LogP contribution in [0.15, 0.2) is 18.2 Å². The first-order valence-electron chi connectivity index (χ1n) is 3.92. The Labute approximate surface area is 76.6 Å². The maximum Gasteiger partial charge on any atom is 0.337 e. The fraction of sp³-hybridized carbons (Fsp3) is 0.222. The van der Waals surface area contributed by atoms with Crippen LogP contribution in [0.2, 0.25) is 0 Å². The Morgan fingerprint density at radius 3 is 2.46 bits per heavy atom. The summed E-state index contributed by atoms with van der Waals surface area (Å²) in [5.74, 6) is -0.929. The fourth-order valence-corrected chi connectivity index (χ4v) is 1.21. The standard InChI is InChI=1S/C9H12N2O2/c1-10-7-5-3-4-6(9(12)13)8(7)11-2/h3-5,10-11H,1-2H3,(H,12,13). The maximum atomic E-state index is 10.8. The number of carboxylic acid groups (broad SMARTS) is 1. The molecule has 0 aliphatic carbocycles. The lowest BCUT2D eigenvalue weighted by atomic mass is 10.1. The first kappa shape index (κ1) is 9.38. The van der Waals surface area contributed by atoms with Crippen LogP contribution in [-0.4, -0.2) is 25.2 Å². The molecule has 13 heavy (non-hydrogen) atoms. The second-order valence-electron chi connectivity index (χ2n) is 2.53. The first-order valence-corrected chi connectivity index (χ1v) is 3.92. The Bertz CT molecular complexity index is 323. The van der Waals surface area contributed by atoms with Crippen LogP contribution in [0.5, 0.6) is 0 Å². The van der Waals surface area contributed by atoms with Gasteiger partial charge in [-0.3, -0.25) is 0 Å². The molecule has 4 nitrogen and oxygen atoms in total. The number of nitrogens with one attached hydrogen (secondary N) is 2. The number of carboxylic acids is 1. The van der Waals surface area contributed by atoms with Crippen molar-refractivity contribution >= 4 is 17.3 Å². The normalized spacial score (nSPS) is 9.38. The zero-order chi connectivity index (χ0) is 9.84. The molecule has 4 heteroatoms. The summed E-state index contributed by atoms with van der Waals surface area (Å²) in [6, 6.07) is 5.09. The molecule has 1 rings (SSSR count). The van der Waals surface area contributed by atoms with E-state index in [9.17, 15) is 4.79 Å². The lowest BCUT2D eigenvalue weighted by molar-refractivity contribution is 0.0698. The summed E-state index contributed by atoms with van der Waals surface area (Å²) in [5.41, 5.74) is 1.66. The fourth-order valence-electron chi connectivity index (χ4n) is 1.21. The molecule has 0 amide bonds. The molecule has 0 aliphatic heterocycles. The van der Waals surface area contributed by atoms with Crippen LogP contribution in [0.4, 0.5) is 11.4 Å². The number of aromatic carboxylic acids is 1. The molecule has 0 radical (unpaired) electrons. The van der Waals surface area contributed by atoms with Gasteiger partial charge >= 0.3 is 5.97 Å². The lowest BCUT2D eigenvalue weighted by Gasteiger charge is -2.10. The summed E-state index contributed by atoms with van der Waals surface area (Å²) >= 11 is 0. The van der Waals surface area contributed by atoms with Crippen molar-refractivity contribution in [1.29, 1.82) is 0 Å². The minimum atomic E-state index is -0.929. The second-order valence-corrected chi connectivity index (χ2v) is 2.53. The van der Waals surface area contributed by atoms with Crippen molar-refractivity contribution in [2.24, 2.45) is 0 Å². The van der Waals surface area contributed by atoms with Gasteiger partial charge < -0.3 is 15.7 Å². The molecule has 0 atom stereocenters. The molecular weight excluding hydrogens is 168 g/mol. The highest BCUT2D eigenvalue weighted by molar-refractivity contribution is 5.97. The molecule has 1 aromatic rings. The van der Waals surface area contributed by atoms with Crippen molar-refractivity contribution < 1.29 is 9.90 Å². The van der Waals surface area contributed by atoms with E-state index in [0.29, 0.717) is 5.69 Å². The van der Waals surface area contributed by atoms with E-state index in [4.69, 9.17) is 5.11 Å². The Hall–Kier alpha value is -1.71. The van der Waals surface area contributed by atoms with Crippen LogP contribution in [0.25, 0.3) is 0 Å². The predicted molar refractivity (Wildman–Crippen MR) is 52.5 cm³/mol. The van der Waals surface area contributed by atoms with E-state index in [0.717, 1.165) is 5.69 Å². The van der Waals surface area contributed by atoms with Crippen molar-refractivity contribution in [3.63, 3.8) is 0 Å². The summed E-state index contributed by atoms with van der Waals surface area (Å²) in [6.45, 7) is 0. The van der Waals surface area contributed by atoms with E-state index in [2.05, 4.69) is 10.6 Å². The molecule has 3 N–H and O–H groups in total. The van der Waals surface area contributed by atoms with Gasteiger partial charge in [0.2, 0.25) is 0 Å². The summed E-state index contributed by atoms with van der Waals surface area (Å²) in [5, 5.41) is 14.6. The van der Waals surface area contributed by atoms with E-state index in [1.54, 1.807) is 26.2 Å². The molecule has 0 saturated heterocycles. The number of hydrogen-bond donors (Lipinski definition) is 3. The van der Waals surface area contributed by atoms with Crippen LogP contribution in [-0.2, 0) is 0 Å². The molecule has 0 unspecified atom stereocenters. The topological polar surface area (TPSA) is 61.4 Å². The van der Waals surface area contributed by atoms with E-state index < -0.39 is 5.97 Å². The van der Waals surface area contributed by atoms with Crippen molar-refractivity contribution in [2.45, 2.75) is 0 Å². The molecule has 0 bridgehead atoms. The zero-order valence-corrected chi connectivity index (χ0v) is 7.59. The molecule has 0 spiro atoms. The van der Waals surface area contributed by atoms with Crippen molar-refractivity contribution in [1.82, 2.24) is 0 Å². The average molecular weight is 180 g/mol. The summed E-state index contributed by atoms with van der Waals surface area (Å²) in [6.07, 6.45) is 0. The number of hydrogen-bond acceptors (Lipinski definition) is 3. The van der Waals surface area contributed by atoms with Crippen molar-refractivity contribution in [2.75, 3.05) is 24.7 Å². The largest absolute Gasteiger partial charge is 0.478 e. The average Bonchev–Trinajstić information content (AvgIpc) is 2.16. The highest BCUT2D eigenvalue weighted by Crippen LogP contribution is 2.24. The first-order chi connectivity index (χ1) is 6.20. The number of carbonyl (C=O) groups is 1. The Balaban J connectivity index is 3.27. The summed E-state index contributed by atoms with van der Waals surface area (Å²) < 4.78 is 0. The van der Waals surface area contributed by atoms with Gasteiger partial charge in [0, 0.05) is 14.1 Å². The summed E-state index contributed by atoms with van der Waals surface area (Å²) in [4.78, 5) is 10.8. The molecule has 1 aromatic carbocycles. The van der Waals surface area contributed by atoms with Crippen molar-refractivity contribution in [3.8, 4) is 0 Å². The van der Waals surface area contributed by atoms with Gasteiger partial charge in [0.1, 0.15) is 0 Å². The van der Waals surface area contributed by atoms with Gasteiger partial charge in [0.05, 0.1) is 16.9 Å². The Morgan fingerprint density at radius 2 is 2.00 bits per heavy atom. The third-order valence-electron chi connectivity index (χ3n) is 1.81. The number of para-hydroxylation sites is 1. The van der Waals surface area contributed by atoms with Gasteiger partial charge in [0.15, 0.2) is 0 Å². The number of benzene rings is 1. The van der Waals surface area contributed by atoms with E-state index >= 15 is 0 Å². The smallest absolute Gasteiger partial charge is 0.337 e. The van der Waals surface area contributed by atoms with Gasteiger partial charge in [-0.25, -0.2) is 4.79 Å². The maximum absolute atomic E-state index is 10.8.